The molecular weight excluding hydrogens is 288 g/mol. The third-order valence-electron chi connectivity index (χ3n) is 3.71. The van der Waals surface area contributed by atoms with Gasteiger partial charge in [0.05, 0.1) is 0 Å². The van der Waals surface area contributed by atoms with E-state index in [0.717, 1.165) is 36.2 Å². The van der Waals surface area contributed by atoms with Crippen LogP contribution in [-0.4, -0.2) is 34.4 Å². The Morgan fingerprint density at radius 3 is 2.78 bits per heavy atom. The van der Waals surface area contributed by atoms with Gasteiger partial charge in [-0.2, -0.15) is 0 Å². The molecule has 0 atom stereocenters. The third-order valence-corrected chi connectivity index (χ3v) is 3.71. The van der Waals surface area contributed by atoms with Crippen LogP contribution in [0.3, 0.4) is 0 Å². The van der Waals surface area contributed by atoms with Crippen LogP contribution in [0.1, 0.15) is 41.4 Å². The number of carbonyl (C=O) groups is 1. The fraction of sp³-hybridized carbons (Fsp3) is 0.389. The zero-order valence-electron chi connectivity index (χ0n) is 14.3. The fourth-order valence-corrected chi connectivity index (χ4v) is 2.22. The first-order valence-corrected chi connectivity index (χ1v) is 7.94. The Morgan fingerprint density at radius 1 is 1.26 bits per heavy atom. The zero-order chi connectivity index (χ0) is 16.8. The number of benzene rings is 1. The first-order valence-electron chi connectivity index (χ1n) is 7.94. The van der Waals surface area contributed by atoms with Gasteiger partial charge in [-0.15, -0.1) is 0 Å². The lowest BCUT2D eigenvalue weighted by atomic mass is 10.1. The van der Waals surface area contributed by atoms with Gasteiger partial charge < -0.3 is 10.2 Å². The van der Waals surface area contributed by atoms with Gasteiger partial charge in [-0.3, -0.25) is 4.79 Å². The van der Waals surface area contributed by atoms with Crippen molar-refractivity contribution in [2.75, 3.05) is 18.9 Å². The van der Waals surface area contributed by atoms with Gasteiger partial charge in [0.25, 0.3) is 5.91 Å². The summed E-state index contributed by atoms with van der Waals surface area (Å²) >= 11 is 0. The second kappa shape index (κ2) is 7.72. The third kappa shape index (κ3) is 4.52. The molecule has 0 saturated heterocycles. The van der Waals surface area contributed by atoms with Gasteiger partial charge in [-0.1, -0.05) is 25.5 Å². The highest BCUT2D eigenvalue weighted by atomic mass is 16.2. The van der Waals surface area contributed by atoms with Crippen molar-refractivity contribution in [3.63, 3.8) is 0 Å². The largest absolute Gasteiger partial charge is 0.340 e. The molecule has 5 heteroatoms. The maximum atomic E-state index is 12.4. The van der Waals surface area contributed by atoms with Crippen LogP contribution in [0.15, 0.2) is 30.5 Å². The maximum absolute atomic E-state index is 12.4. The van der Waals surface area contributed by atoms with Gasteiger partial charge in [-0.05, 0) is 43.5 Å². The smallest absolute Gasteiger partial charge is 0.272 e. The van der Waals surface area contributed by atoms with Crippen LogP contribution in [0.25, 0.3) is 0 Å². The number of rotatable bonds is 6. The summed E-state index contributed by atoms with van der Waals surface area (Å²) in [6.45, 7) is 6.90. The summed E-state index contributed by atoms with van der Waals surface area (Å²) in [5, 5.41) is 3.20. The van der Waals surface area contributed by atoms with E-state index in [-0.39, 0.29) is 5.91 Å². The number of nitrogens with zero attached hydrogens (tertiary/aromatic N) is 3. The summed E-state index contributed by atoms with van der Waals surface area (Å²) < 4.78 is 0. The Morgan fingerprint density at radius 2 is 2.04 bits per heavy atom. The van der Waals surface area contributed by atoms with Crippen molar-refractivity contribution in [1.82, 2.24) is 14.9 Å². The normalized spacial score (nSPS) is 10.4. The van der Waals surface area contributed by atoms with Crippen molar-refractivity contribution in [2.45, 2.75) is 33.6 Å². The first kappa shape index (κ1) is 16.9. The van der Waals surface area contributed by atoms with E-state index < -0.39 is 0 Å². The molecular formula is C18H24N4O. The Kier molecular flexibility index (Phi) is 5.68. The minimum absolute atomic E-state index is 0.0788. The Labute approximate surface area is 137 Å². The molecule has 1 aromatic heterocycles. The van der Waals surface area contributed by atoms with Gasteiger partial charge >= 0.3 is 0 Å². The topological polar surface area (TPSA) is 58.1 Å². The van der Waals surface area contributed by atoms with Crippen LogP contribution in [-0.2, 0) is 0 Å². The number of nitrogens with one attached hydrogen (secondary N) is 1. The summed E-state index contributed by atoms with van der Waals surface area (Å²) in [5.74, 6) is 0.360. The molecule has 0 radical (unpaired) electrons. The first-order chi connectivity index (χ1) is 11.0. The monoisotopic (exact) mass is 312 g/mol. The van der Waals surface area contributed by atoms with E-state index in [2.05, 4.69) is 28.3 Å². The molecule has 1 amide bonds. The molecule has 0 aliphatic carbocycles. The fourth-order valence-electron chi connectivity index (χ4n) is 2.22. The van der Waals surface area contributed by atoms with E-state index in [1.165, 1.54) is 0 Å². The summed E-state index contributed by atoms with van der Waals surface area (Å²) in [5.41, 5.74) is 3.63. The molecule has 0 fully saturated rings. The lowest BCUT2D eigenvalue weighted by Crippen LogP contribution is -2.28. The summed E-state index contributed by atoms with van der Waals surface area (Å²) in [7, 11) is 1.80. The molecule has 1 aromatic carbocycles. The molecule has 1 heterocycles. The number of carbonyl (C=O) groups excluding carboxylic acids is 1. The van der Waals surface area contributed by atoms with Crippen molar-refractivity contribution in [3.05, 3.63) is 47.3 Å². The van der Waals surface area contributed by atoms with Crippen molar-refractivity contribution in [3.8, 4) is 0 Å². The van der Waals surface area contributed by atoms with Gasteiger partial charge in [0.1, 0.15) is 5.69 Å². The van der Waals surface area contributed by atoms with Crippen molar-refractivity contribution in [1.29, 1.82) is 0 Å². The molecule has 5 nitrogen and oxygen atoms in total. The molecule has 0 aliphatic rings. The number of unbranched alkanes of at least 4 members (excludes halogenated alkanes) is 1. The lowest BCUT2D eigenvalue weighted by molar-refractivity contribution is 0.0787. The maximum Gasteiger partial charge on any atom is 0.272 e. The van der Waals surface area contributed by atoms with Crippen LogP contribution >= 0.6 is 0 Å². The van der Waals surface area contributed by atoms with Crippen molar-refractivity contribution in [2.24, 2.45) is 0 Å². The molecule has 0 unspecified atom stereocenters. The number of hydrogen-bond donors (Lipinski definition) is 1. The van der Waals surface area contributed by atoms with Crippen LogP contribution in [0, 0.1) is 13.8 Å². The standard InChI is InChI=1S/C18H24N4O/c1-5-6-11-22(4)17(23)15-9-10-19-18(20-15)21-16-12-13(2)7-8-14(16)3/h7-10,12H,5-6,11H2,1-4H3,(H,19,20,21). The minimum atomic E-state index is -0.0788. The van der Waals surface area contributed by atoms with Gasteiger partial charge in [0, 0.05) is 25.5 Å². The zero-order valence-corrected chi connectivity index (χ0v) is 14.3. The Balaban J connectivity index is 2.16. The average Bonchev–Trinajstić information content (AvgIpc) is 2.55. The van der Waals surface area contributed by atoms with E-state index >= 15 is 0 Å². The van der Waals surface area contributed by atoms with E-state index in [4.69, 9.17) is 0 Å². The predicted molar refractivity (Wildman–Crippen MR) is 93.1 cm³/mol. The number of hydrogen-bond acceptors (Lipinski definition) is 4. The number of amides is 1. The molecule has 2 rings (SSSR count). The number of aromatic nitrogens is 2. The number of aryl methyl sites for hydroxylation is 2. The second-order valence-electron chi connectivity index (χ2n) is 5.79. The van der Waals surface area contributed by atoms with Crippen LogP contribution in [0.5, 0.6) is 0 Å². The summed E-state index contributed by atoms with van der Waals surface area (Å²) in [6.07, 6.45) is 3.66. The highest BCUT2D eigenvalue weighted by molar-refractivity contribution is 5.92. The summed E-state index contributed by atoms with van der Waals surface area (Å²) in [6, 6.07) is 7.80. The van der Waals surface area contributed by atoms with Crippen LogP contribution in [0.2, 0.25) is 0 Å². The Bertz CT molecular complexity index is 684. The SMILES string of the molecule is CCCCN(C)C(=O)c1ccnc(Nc2cc(C)ccc2C)n1. The lowest BCUT2D eigenvalue weighted by Gasteiger charge is -2.16. The van der Waals surface area contributed by atoms with Crippen molar-refractivity contribution >= 4 is 17.5 Å². The highest BCUT2D eigenvalue weighted by Gasteiger charge is 2.14. The molecule has 0 bridgehead atoms. The van der Waals surface area contributed by atoms with E-state index in [1.807, 2.05) is 26.0 Å². The molecule has 0 spiro atoms. The molecule has 2 aromatic rings. The van der Waals surface area contributed by atoms with E-state index in [9.17, 15) is 4.79 Å². The van der Waals surface area contributed by atoms with Crippen LogP contribution < -0.4 is 5.32 Å². The highest BCUT2D eigenvalue weighted by Crippen LogP contribution is 2.19. The van der Waals surface area contributed by atoms with Crippen molar-refractivity contribution < 1.29 is 4.79 Å². The Hall–Kier alpha value is -2.43. The van der Waals surface area contributed by atoms with Gasteiger partial charge in [0.2, 0.25) is 5.95 Å². The quantitative estimate of drug-likeness (QED) is 0.883. The van der Waals surface area contributed by atoms with Gasteiger partial charge in [-0.25, -0.2) is 9.97 Å². The minimum Gasteiger partial charge on any atom is -0.340 e. The molecule has 23 heavy (non-hydrogen) atoms. The average molecular weight is 312 g/mol. The summed E-state index contributed by atoms with van der Waals surface area (Å²) in [4.78, 5) is 22.7. The second-order valence-corrected chi connectivity index (χ2v) is 5.79. The van der Waals surface area contributed by atoms with Gasteiger partial charge in [0.15, 0.2) is 0 Å². The van der Waals surface area contributed by atoms with E-state index in [1.54, 1.807) is 24.2 Å². The van der Waals surface area contributed by atoms with E-state index in [0.29, 0.717) is 11.6 Å². The molecule has 1 N–H and O–H groups in total. The molecule has 122 valence electrons. The molecule has 0 aliphatic heterocycles. The molecule has 0 saturated carbocycles. The number of anilines is 2. The van der Waals surface area contributed by atoms with Crippen LogP contribution in [0.4, 0.5) is 11.6 Å². The predicted octanol–water partition coefficient (Wildman–Crippen LogP) is 3.71.